The second-order valence-corrected chi connectivity index (χ2v) is 12.5. The van der Waals surface area contributed by atoms with Gasteiger partial charge in [0.2, 0.25) is 0 Å². The van der Waals surface area contributed by atoms with E-state index in [4.69, 9.17) is 8.85 Å². The normalized spacial score (nSPS) is 24.9. The summed E-state index contributed by atoms with van der Waals surface area (Å²) in [6, 6.07) is 0. The summed E-state index contributed by atoms with van der Waals surface area (Å²) in [4.78, 5) is 0. The van der Waals surface area contributed by atoms with Crippen LogP contribution in [0.4, 0.5) is 0 Å². The first-order valence-electron chi connectivity index (χ1n) is 7.27. The molecule has 1 N–H and O–H groups in total. The van der Waals surface area contributed by atoms with Crippen molar-refractivity contribution in [2.75, 3.05) is 0 Å². The summed E-state index contributed by atoms with van der Waals surface area (Å²) in [5.41, 5.74) is 0.860. The molecule has 0 saturated heterocycles. The number of rotatable bonds is 4. The SMILES string of the molecule is C=CO[Si](O[C@@H]1CC(=C)[C@H](O)C1)(C(C)(C)C)C(C)(C)C. The molecule has 116 valence electrons. The summed E-state index contributed by atoms with van der Waals surface area (Å²) >= 11 is 0. The van der Waals surface area contributed by atoms with Crippen LogP contribution in [0.5, 0.6) is 0 Å². The molecule has 4 heteroatoms. The third-order valence-electron chi connectivity index (χ3n) is 4.00. The minimum Gasteiger partial charge on any atom is -0.527 e. The van der Waals surface area contributed by atoms with Crippen LogP contribution in [-0.4, -0.2) is 25.9 Å². The summed E-state index contributed by atoms with van der Waals surface area (Å²) in [5, 5.41) is 9.67. The highest BCUT2D eigenvalue weighted by Gasteiger charge is 2.61. The molecule has 20 heavy (non-hydrogen) atoms. The minimum absolute atomic E-state index is 0.0115. The van der Waals surface area contributed by atoms with Crippen LogP contribution < -0.4 is 0 Å². The van der Waals surface area contributed by atoms with Gasteiger partial charge in [0.15, 0.2) is 0 Å². The Morgan fingerprint density at radius 2 is 1.70 bits per heavy atom. The molecule has 0 aromatic heterocycles. The number of aliphatic hydroxyl groups is 1. The highest BCUT2D eigenvalue weighted by Crippen LogP contribution is 2.53. The van der Waals surface area contributed by atoms with Gasteiger partial charge in [0.05, 0.1) is 18.5 Å². The van der Waals surface area contributed by atoms with E-state index < -0.39 is 14.7 Å². The maximum absolute atomic E-state index is 9.88. The minimum atomic E-state index is -2.59. The lowest BCUT2D eigenvalue weighted by molar-refractivity contribution is 0.0950. The van der Waals surface area contributed by atoms with Gasteiger partial charge in [-0.2, -0.15) is 0 Å². The van der Waals surface area contributed by atoms with E-state index in [0.29, 0.717) is 12.8 Å². The van der Waals surface area contributed by atoms with Crippen molar-refractivity contribution < 1.29 is 14.0 Å². The van der Waals surface area contributed by atoms with Crippen LogP contribution in [0.25, 0.3) is 0 Å². The fourth-order valence-corrected chi connectivity index (χ4v) is 7.83. The Morgan fingerprint density at radius 3 is 2.00 bits per heavy atom. The van der Waals surface area contributed by atoms with Gasteiger partial charge in [-0.25, -0.2) is 0 Å². The van der Waals surface area contributed by atoms with E-state index in [1.807, 2.05) is 0 Å². The summed E-state index contributed by atoms with van der Waals surface area (Å²) in [5.74, 6) is 0. The van der Waals surface area contributed by atoms with Crippen LogP contribution in [0.1, 0.15) is 54.4 Å². The predicted octanol–water partition coefficient (Wildman–Crippen LogP) is 4.29. The topological polar surface area (TPSA) is 38.7 Å². The van der Waals surface area contributed by atoms with Crippen molar-refractivity contribution in [2.45, 2.75) is 76.7 Å². The van der Waals surface area contributed by atoms with Crippen LogP contribution in [0, 0.1) is 0 Å². The van der Waals surface area contributed by atoms with E-state index in [0.717, 1.165) is 5.57 Å². The van der Waals surface area contributed by atoms with Crippen molar-refractivity contribution in [3.63, 3.8) is 0 Å². The zero-order valence-corrected chi connectivity index (χ0v) is 14.8. The summed E-state index contributed by atoms with van der Waals surface area (Å²) in [7, 11) is -2.59. The summed E-state index contributed by atoms with van der Waals surface area (Å²) in [6.07, 6.45) is 2.38. The van der Waals surface area contributed by atoms with Gasteiger partial charge >= 0.3 is 8.56 Å². The molecule has 0 heterocycles. The molecule has 0 amide bonds. The Kier molecular flexibility index (Phi) is 4.94. The molecule has 2 atom stereocenters. The van der Waals surface area contributed by atoms with Gasteiger partial charge in [-0.15, -0.1) is 0 Å². The van der Waals surface area contributed by atoms with Gasteiger partial charge in [-0.1, -0.05) is 54.7 Å². The van der Waals surface area contributed by atoms with Gasteiger partial charge in [-0.3, -0.25) is 0 Å². The van der Waals surface area contributed by atoms with E-state index >= 15 is 0 Å². The first-order valence-corrected chi connectivity index (χ1v) is 9.08. The lowest BCUT2D eigenvalue weighted by atomic mass is 10.2. The molecule has 0 unspecified atom stereocenters. The molecule has 0 spiro atoms. The van der Waals surface area contributed by atoms with Crippen molar-refractivity contribution in [2.24, 2.45) is 0 Å². The first-order chi connectivity index (χ1) is 8.94. The van der Waals surface area contributed by atoms with Gasteiger partial charge < -0.3 is 14.0 Å². The van der Waals surface area contributed by atoms with Crippen molar-refractivity contribution in [3.8, 4) is 0 Å². The molecule has 3 nitrogen and oxygen atoms in total. The van der Waals surface area contributed by atoms with E-state index in [2.05, 4.69) is 54.7 Å². The van der Waals surface area contributed by atoms with Crippen LogP contribution in [0.15, 0.2) is 25.0 Å². The zero-order valence-electron chi connectivity index (χ0n) is 13.8. The quantitative estimate of drug-likeness (QED) is 0.478. The molecule has 0 bridgehead atoms. The average Bonchev–Trinajstić information content (AvgIpc) is 2.54. The molecule has 0 aromatic rings. The van der Waals surface area contributed by atoms with Crippen molar-refractivity contribution in [1.29, 1.82) is 0 Å². The number of hydrogen-bond acceptors (Lipinski definition) is 3. The highest BCUT2D eigenvalue weighted by atomic mass is 28.4. The molecule has 1 fully saturated rings. The lowest BCUT2D eigenvalue weighted by Crippen LogP contribution is -2.57. The Hall–Kier alpha value is -0.583. The molecule has 0 aliphatic heterocycles. The largest absolute Gasteiger partial charge is 0.527 e. The summed E-state index contributed by atoms with van der Waals surface area (Å²) < 4.78 is 12.6. The standard InChI is InChI=1S/C16H30O3Si/c1-9-18-20(15(3,4)5,16(6,7)8)19-13-10-12(2)14(17)11-13/h9,13-14,17H,1-2,10-11H2,3-8H3/t13-,14-/m1/s1. The molecule has 1 rings (SSSR count). The molecular weight excluding hydrogens is 268 g/mol. The second kappa shape index (κ2) is 5.66. The second-order valence-electron chi connectivity index (χ2n) is 7.75. The first kappa shape index (κ1) is 17.5. The Labute approximate surface area is 124 Å². The maximum atomic E-state index is 9.88. The van der Waals surface area contributed by atoms with Gasteiger partial charge in [0, 0.05) is 16.5 Å². The number of hydrogen-bond donors (Lipinski definition) is 1. The van der Waals surface area contributed by atoms with Gasteiger partial charge in [0.1, 0.15) is 0 Å². The molecule has 0 radical (unpaired) electrons. The molecule has 1 aliphatic rings. The van der Waals surface area contributed by atoms with E-state index in [1.165, 1.54) is 6.26 Å². The zero-order chi connectivity index (χ0) is 15.8. The van der Waals surface area contributed by atoms with Crippen molar-refractivity contribution in [3.05, 3.63) is 25.0 Å². The smallest absolute Gasteiger partial charge is 0.409 e. The molecule has 1 saturated carbocycles. The third kappa shape index (κ3) is 3.18. The molecular formula is C16H30O3Si. The fourth-order valence-electron chi connectivity index (χ4n) is 3.23. The number of aliphatic hydroxyl groups excluding tert-OH is 1. The predicted molar refractivity (Wildman–Crippen MR) is 85.7 cm³/mol. The third-order valence-corrected chi connectivity index (χ3v) is 9.12. The van der Waals surface area contributed by atoms with Crippen LogP contribution in [0.3, 0.4) is 0 Å². The fraction of sp³-hybridized carbons (Fsp3) is 0.750. The van der Waals surface area contributed by atoms with E-state index in [1.54, 1.807) is 0 Å². The Balaban J connectivity index is 3.11. The van der Waals surface area contributed by atoms with Crippen LogP contribution in [-0.2, 0) is 8.85 Å². The van der Waals surface area contributed by atoms with Crippen molar-refractivity contribution in [1.82, 2.24) is 0 Å². The Morgan fingerprint density at radius 1 is 1.20 bits per heavy atom. The monoisotopic (exact) mass is 298 g/mol. The average molecular weight is 298 g/mol. The Bertz CT molecular complexity index is 362. The van der Waals surface area contributed by atoms with Crippen LogP contribution >= 0.6 is 0 Å². The van der Waals surface area contributed by atoms with Gasteiger partial charge in [-0.05, 0) is 12.0 Å². The van der Waals surface area contributed by atoms with E-state index in [9.17, 15) is 5.11 Å². The van der Waals surface area contributed by atoms with E-state index in [-0.39, 0.29) is 16.2 Å². The maximum Gasteiger partial charge on any atom is 0.409 e. The lowest BCUT2D eigenvalue weighted by Gasteiger charge is -2.49. The van der Waals surface area contributed by atoms with Crippen molar-refractivity contribution >= 4 is 8.56 Å². The molecule has 0 aromatic carbocycles. The van der Waals surface area contributed by atoms with Crippen LogP contribution in [0.2, 0.25) is 10.1 Å². The summed E-state index contributed by atoms with van der Waals surface area (Å²) in [6.45, 7) is 20.6. The van der Waals surface area contributed by atoms with Gasteiger partial charge in [0.25, 0.3) is 0 Å². The molecule has 1 aliphatic carbocycles. The highest BCUT2D eigenvalue weighted by molar-refractivity contribution is 6.73.